The maximum absolute atomic E-state index is 14.1. The van der Waals surface area contributed by atoms with E-state index in [2.05, 4.69) is 20.9 Å². The summed E-state index contributed by atoms with van der Waals surface area (Å²) in [5, 5.41) is 21.8. The molecule has 4 N–H and O–H groups in total. The van der Waals surface area contributed by atoms with E-state index >= 15 is 0 Å². The van der Waals surface area contributed by atoms with Gasteiger partial charge in [0, 0.05) is 35.5 Å². The summed E-state index contributed by atoms with van der Waals surface area (Å²) in [6, 6.07) is 8.04. The highest BCUT2D eigenvalue weighted by Crippen LogP contribution is 2.67. The molecule has 10 nitrogen and oxygen atoms in total. The molecule has 5 aliphatic rings. The first-order chi connectivity index (χ1) is 19.8. The second kappa shape index (κ2) is 10.2. The Morgan fingerprint density at radius 3 is 2.63 bits per heavy atom. The first kappa shape index (κ1) is 26.6. The Balaban J connectivity index is 1.13. The lowest BCUT2D eigenvalue weighted by Gasteiger charge is -2.39. The molecule has 2 aliphatic heterocycles. The monoisotopic (exact) mass is 577 g/mol. The molecule has 2 aromatic rings. The fraction of sp³-hybridized carbons (Fsp3) is 0.567. The molecular weight excluding hydrogens is 542 g/mol. The lowest BCUT2D eigenvalue weighted by Crippen LogP contribution is -2.59. The van der Waals surface area contributed by atoms with E-state index in [1.54, 1.807) is 4.90 Å². The molecule has 0 radical (unpaired) electrons. The molecule has 216 valence electrons. The lowest BCUT2D eigenvalue weighted by molar-refractivity contribution is -0.135. The van der Waals surface area contributed by atoms with Gasteiger partial charge in [-0.05, 0) is 62.7 Å². The average Bonchev–Trinajstić information content (AvgIpc) is 3.71. The molecule has 1 spiro atoms. The second-order valence-corrected chi connectivity index (χ2v) is 13.3. The number of amides is 4. The van der Waals surface area contributed by atoms with Crippen LogP contribution < -0.4 is 16.0 Å². The molecule has 1 unspecified atom stereocenters. The van der Waals surface area contributed by atoms with Crippen LogP contribution in [0.3, 0.4) is 0 Å². The van der Waals surface area contributed by atoms with Crippen molar-refractivity contribution in [1.82, 2.24) is 25.8 Å². The van der Waals surface area contributed by atoms with E-state index in [1.165, 1.54) is 11.3 Å². The zero-order valence-corrected chi connectivity index (χ0v) is 23.6. The zero-order valence-electron chi connectivity index (χ0n) is 22.8. The summed E-state index contributed by atoms with van der Waals surface area (Å²) >= 11 is 1.28. The van der Waals surface area contributed by atoms with E-state index < -0.39 is 30.0 Å². The van der Waals surface area contributed by atoms with Gasteiger partial charge >= 0.3 is 0 Å². The quantitative estimate of drug-likeness (QED) is 0.359. The Kier molecular flexibility index (Phi) is 6.61. The third-order valence-corrected chi connectivity index (χ3v) is 10.6. The highest BCUT2D eigenvalue weighted by Gasteiger charge is 2.67. The SMILES string of the molecule is O=C(NC1CC1)C(O)[C@H](C[C@@H]1CCNC1=O)NC(=O)[C@@H]1[C@@H]2C[C@@H](CC23CC3)N1C(=O)c1nc(-c2ccccc2)cs1. The van der Waals surface area contributed by atoms with Gasteiger partial charge in [0.15, 0.2) is 11.1 Å². The Labute approximate surface area is 242 Å². The number of nitrogens with one attached hydrogen (secondary N) is 3. The smallest absolute Gasteiger partial charge is 0.283 e. The molecule has 3 aliphatic carbocycles. The minimum atomic E-state index is -1.49. The largest absolute Gasteiger partial charge is 0.381 e. The Morgan fingerprint density at radius 2 is 1.95 bits per heavy atom. The summed E-state index contributed by atoms with van der Waals surface area (Å²) in [4.78, 5) is 59.6. The van der Waals surface area contributed by atoms with E-state index in [-0.39, 0.29) is 47.6 Å². The van der Waals surface area contributed by atoms with Crippen LogP contribution in [-0.2, 0) is 14.4 Å². The van der Waals surface area contributed by atoms with Crippen LogP contribution in [0.1, 0.15) is 61.2 Å². The van der Waals surface area contributed by atoms with Gasteiger partial charge in [-0.1, -0.05) is 30.3 Å². The number of hydrogen-bond acceptors (Lipinski definition) is 7. The predicted molar refractivity (Wildman–Crippen MR) is 151 cm³/mol. The molecule has 4 amide bonds. The van der Waals surface area contributed by atoms with Gasteiger partial charge in [-0.15, -0.1) is 11.3 Å². The fourth-order valence-corrected chi connectivity index (χ4v) is 8.08. The number of benzene rings is 1. The zero-order chi connectivity index (χ0) is 28.3. The third-order valence-electron chi connectivity index (χ3n) is 9.78. The summed E-state index contributed by atoms with van der Waals surface area (Å²) in [5.74, 6) is -1.66. The van der Waals surface area contributed by atoms with Crippen LogP contribution in [-0.4, -0.2) is 75.4 Å². The summed E-state index contributed by atoms with van der Waals surface area (Å²) in [6.45, 7) is 0.532. The molecule has 3 heterocycles. The van der Waals surface area contributed by atoms with Gasteiger partial charge in [-0.25, -0.2) is 4.98 Å². The second-order valence-electron chi connectivity index (χ2n) is 12.5. The molecule has 6 atom stereocenters. The van der Waals surface area contributed by atoms with Crippen molar-refractivity contribution in [2.45, 2.75) is 81.6 Å². The molecule has 2 bridgehead atoms. The normalized spacial score (nSPS) is 28.8. The van der Waals surface area contributed by atoms with E-state index in [1.807, 2.05) is 35.7 Å². The van der Waals surface area contributed by atoms with Crippen LogP contribution in [0.25, 0.3) is 11.3 Å². The van der Waals surface area contributed by atoms with Gasteiger partial charge < -0.3 is 26.0 Å². The number of thiazole rings is 1. The van der Waals surface area contributed by atoms with Crippen molar-refractivity contribution >= 4 is 35.0 Å². The first-order valence-electron chi connectivity index (χ1n) is 14.7. The predicted octanol–water partition coefficient (Wildman–Crippen LogP) is 1.84. The molecule has 11 heteroatoms. The maximum Gasteiger partial charge on any atom is 0.283 e. The van der Waals surface area contributed by atoms with Crippen LogP contribution in [0, 0.1) is 17.3 Å². The number of likely N-dealkylation sites (tertiary alicyclic amines) is 1. The van der Waals surface area contributed by atoms with Gasteiger partial charge in [0.2, 0.25) is 11.8 Å². The Hall–Kier alpha value is -3.31. The van der Waals surface area contributed by atoms with Gasteiger partial charge in [0.25, 0.3) is 11.8 Å². The third kappa shape index (κ3) is 4.92. The molecule has 1 aromatic heterocycles. The van der Waals surface area contributed by atoms with E-state index in [0.717, 1.165) is 49.8 Å². The number of hydrogen-bond donors (Lipinski definition) is 4. The number of aromatic nitrogens is 1. The summed E-state index contributed by atoms with van der Waals surface area (Å²) in [6.07, 6.45) is 4.74. The van der Waals surface area contributed by atoms with Crippen molar-refractivity contribution in [1.29, 1.82) is 0 Å². The minimum Gasteiger partial charge on any atom is -0.381 e. The molecule has 2 saturated heterocycles. The first-order valence-corrected chi connectivity index (χ1v) is 15.6. The van der Waals surface area contributed by atoms with Gasteiger partial charge in [0.1, 0.15) is 6.04 Å². The molecule has 5 fully saturated rings. The molecule has 7 rings (SSSR count). The van der Waals surface area contributed by atoms with Gasteiger partial charge in [-0.2, -0.15) is 0 Å². The van der Waals surface area contributed by atoms with Crippen molar-refractivity contribution in [3.05, 3.63) is 40.7 Å². The number of carbonyl (C=O) groups is 4. The number of piperidine rings is 1. The van der Waals surface area contributed by atoms with Crippen LogP contribution in [0.15, 0.2) is 35.7 Å². The van der Waals surface area contributed by atoms with Crippen molar-refractivity contribution in [3.8, 4) is 11.3 Å². The fourth-order valence-electron chi connectivity index (χ4n) is 7.31. The number of rotatable bonds is 9. The number of aliphatic hydroxyl groups excluding tert-OH is 1. The average molecular weight is 578 g/mol. The van der Waals surface area contributed by atoms with Crippen molar-refractivity contribution in [2.24, 2.45) is 17.3 Å². The van der Waals surface area contributed by atoms with Crippen molar-refractivity contribution in [3.63, 3.8) is 0 Å². The van der Waals surface area contributed by atoms with Crippen LogP contribution in [0.4, 0.5) is 0 Å². The minimum absolute atomic E-state index is 0.0258. The molecule has 1 aromatic carbocycles. The Morgan fingerprint density at radius 1 is 1.17 bits per heavy atom. The number of carbonyl (C=O) groups excluding carboxylic acids is 4. The van der Waals surface area contributed by atoms with Crippen LogP contribution in [0.2, 0.25) is 0 Å². The summed E-state index contributed by atoms with van der Waals surface area (Å²) in [5.41, 5.74) is 1.74. The van der Waals surface area contributed by atoms with E-state index in [0.29, 0.717) is 18.0 Å². The Bertz CT molecular complexity index is 1370. The summed E-state index contributed by atoms with van der Waals surface area (Å²) < 4.78 is 0. The topological polar surface area (TPSA) is 141 Å². The molecule has 3 saturated carbocycles. The number of aliphatic hydroxyl groups is 1. The molecular formula is C30H35N5O5S. The van der Waals surface area contributed by atoms with E-state index in [9.17, 15) is 24.3 Å². The van der Waals surface area contributed by atoms with Gasteiger partial charge in [-0.3, -0.25) is 19.2 Å². The standard InChI is InChI=1S/C30H35N5O5S/c36-24(27(39)32-18-6-7-18)21(12-17-8-11-31-25(17)37)33-26(38)23-20-13-19(14-30(20)9-10-30)35(23)29(40)28-34-22(15-41-28)16-4-2-1-3-5-16/h1-5,15,17-21,23-24,36H,6-14H2,(H,31,37)(H,32,39)(H,33,38)/t17-,19-,20-,21-,23-,24?/m0/s1. The van der Waals surface area contributed by atoms with Crippen LogP contribution in [0.5, 0.6) is 0 Å². The summed E-state index contributed by atoms with van der Waals surface area (Å²) in [7, 11) is 0. The molecule has 41 heavy (non-hydrogen) atoms. The van der Waals surface area contributed by atoms with Crippen LogP contribution >= 0.6 is 11.3 Å². The highest BCUT2D eigenvalue weighted by atomic mass is 32.1. The highest BCUT2D eigenvalue weighted by molar-refractivity contribution is 7.12. The number of nitrogens with zero attached hydrogens (tertiary/aromatic N) is 2. The van der Waals surface area contributed by atoms with E-state index in [4.69, 9.17) is 0 Å². The number of fused-ring (bicyclic) bond motifs is 3. The van der Waals surface area contributed by atoms with Gasteiger partial charge in [0.05, 0.1) is 11.7 Å². The van der Waals surface area contributed by atoms with Crippen molar-refractivity contribution in [2.75, 3.05) is 6.54 Å². The maximum atomic E-state index is 14.1. The lowest BCUT2D eigenvalue weighted by atomic mass is 9.83. The van der Waals surface area contributed by atoms with Crippen molar-refractivity contribution < 1.29 is 24.3 Å².